The van der Waals surface area contributed by atoms with Crippen LogP contribution in [0.1, 0.15) is 25.0 Å². The van der Waals surface area contributed by atoms with Crippen molar-refractivity contribution in [3.63, 3.8) is 0 Å². The average molecular weight is 245 g/mol. The lowest BCUT2D eigenvalue weighted by Gasteiger charge is -2.15. The molecule has 3 rings (SSSR count). The standard InChI is InChI=1S/C14H19N3O/c18-14(16-12-4-5-12)11-6-8-17(9-11)10-13-3-1-2-7-15-13/h1-3,7,11-12H,4-6,8-10H2,(H,16,18). The van der Waals surface area contributed by atoms with Crippen LogP contribution in [0, 0.1) is 5.92 Å². The first-order chi connectivity index (χ1) is 8.81. The Hall–Kier alpha value is -1.42. The minimum absolute atomic E-state index is 0.175. The molecule has 1 N–H and O–H groups in total. The Morgan fingerprint density at radius 1 is 1.39 bits per heavy atom. The van der Waals surface area contributed by atoms with Crippen molar-refractivity contribution in [2.45, 2.75) is 31.8 Å². The summed E-state index contributed by atoms with van der Waals surface area (Å²) in [5, 5.41) is 3.10. The van der Waals surface area contributed by atoms with Crippen molar-refractivity contribution in [2.75, 3.05) is 13.1 Å². The quantitative estimate of drug-likeness (QED) is 0.866. The van der Waals surface area contributed by atoms with Crippen molar-refractivity contribution < 1.29 is 4.79 Å². The van der Waals surface area contributed by atoms with Gasteiger partial charge in [0.05, 0.1) is 11.6 Å². The number of pyridine rings is 1. The highest BCUT2D eigenvalue weighted by Crippen LogP contribution is 2.22. The van der Waals surface area contributed by atoms with Crippen molar-refractivity contribution in [1.82, 2.24) is 15.2 Å². The van der Waals surface area contributed by atoms with Crippen LogP contribution in [0.2, 0.25) is 0 Å². The van der Waals surface area contributed by atoms with Crippen LogP contribution in [0.4, 0.5) is 0 Å². The predicted octanol–water partition coefficient (Wildman–Crippen LogP) is 1.18. The van der Waals surface area contributed by atoms with Gasteiger partial charge in [-0.3, -0.25) is 14.7 Å². The Morgan fingerprint density at radius 3 is 3.00 bits per heavy atom. The highest BCUT2D eigenvalue weighted by molar-refractivity contribution is 5.79. The third-order valence-electron chi connectivity index (χ3n) is 3.68. The van der Waals surface area contributed by atoms with Gasteiger partial charge in [-0.15, -0.1) is 0 Å². The van der Waals surface area contributed by atoms with Crippen LogP contribution >= 0.6 is 0 Å². The Balaban J connectivity index is 1.50. The van der Waals surface area contributed by atoms with Crippen molar-refractivity contribution in [1.29, 1.82) is 0 Å². The summed E-state index contributed by atoms with van der Waals surface area (Å²) in [4.78, 5) is 18.6. The second-order valence-electron chi connectivity index (χ2n) is 5.32. The Bertz CT molecular complexity index is 416. The zero-order valence-corrected chi connectivity index (χ0v) is 10.5. The Labute approximate surface area is 107 Å². The molecule has 1 amide bonds. The molecule has 1 atom stereocenters. The van der Waals surface area contributed by atoms with Crippen LogP contribution in [0.3, 0.4) is 0 Å². The number of likely N-dealkylation sites (tertiary alicyclic amines) is 1. The molecule has 4 heteroatoms. The van der Waals surface area contributed by atoms with Crippen LogP contribution in [0.5, 0.6) is 0 Å². The summed E-state index contributed by atoms with van der Waals surface area (Å²) in [6.45, 7) is 2.72. The van der Waals surface area contributed by atoms with Crippen molar-refractivity contribution in [3.05, 3.63) is 30.1 Å². The van der Waals surface area contributed by atoms with E-state index >= 15 is 0 Å². The van der Waals surface area contributed by atoms with E-state index in [1.54, 1.807) is 0 Å². The molecule has 1 unspecified atom stereocenters. The fourth-order valence-corrected chi connectivity index (χ4v) is 2.46. The molecule has 1 aliphatic heterocycles. The fraction of sp³-hybridized carbons (Fsp3) is 0.571. The summed E-state index contributed by atoms with van der Waals surface area (Å²) in [7, 11) is 0. The van der Waals surface area contributed by atoms with Crippen molar-refractivity contribution >= 4 is 5.91 Å². The van der Waals surface area contributed by atoms with E-state index in [2.05, 4.69) is 15.2 Å². The van der Waals surface area contributed by atoms with Crippen molar-refractivity contribution in [2.24, 2.45) is 5.92 Å². The van der Waals surface area contributed by atoms with Crippen LogP contribution in [0.25, 0.3) is 0 Å². The van der Waals surface area contributed by atoms with Gasteiger partial charge < -0.3 is 5.32 Å². The lowest BCUT2D eigenvalue weighted by Crippen LogP contribution is -2.34. The van der Waals surface area contributed by atoms with E-state index in [1.165, 1.54) is 0 Å². The average Bonchev–Trinajstić information content (AvgIpc) is 3.07. The predicted molar refractivity (Wildman–Crippen MR) is 68.8 cm³/mol. The number of nitrogens with zero attached hydrogens (tertiary/aromatic N) is 2. The van der Waals surface area contributed by atoms with Gasteiger partial charge in [0, 0.05) is 25.3 Å². The lowest BCUT2D eigenvalue weighted by atomic mass is 10.1. The minimum atomic E-state index is 0.175. The van der Waals surface area contributed by atoms with Gasteiger partial charge in [0.2, 0.25) is 5.91 Å². The molecule has 1 aromatic rings. The lowest BCUT2D eigenvalue weighted by molar-refractivity contribution is -0.124. The molecular weight excluding hydrogens is 226 g/mol. The first-order valence-corrected chi connectivity index (χ1v) is 6.74. The monoisotopic (exact) mass is 245 g/mol. The smallest absolute Gasteiger partial charge is 0.224 e. The second-order valence-corrected chi connectivity index (χ2v) is 5.32. The van der Waals surface area contributed by atoms with E-state index < -0.39 is 0 Å². The first kappa shape index (κ1) is 11.7. The van der Waals surface area contributed by atoms with Crippen LogP contribution < -0.4 is 5.32 Å². The highest BCUT2D eigenvalue weighted by Gasteiger charge is 2.31. The molecule has 0 spiro atoms. The van der Waals surface area contributed by atoms with E-state index in [-0.39, 0.29) is 11.8 Å². The van der Waals surface area contributed by atoms with Gasteiger partial charge in [0.1, 0.15) is 0 Å². The summed E-state index contributed by atoms with van der Waals surface area (Å²) in [5.74, 6) is 0.426. The van der Waals surface area contributed by atoms with Crippen LogP contribution in [-0.2, 0) is 11.3 Å². The summed E-state index contributed by atoms with van der Waals surface area (Å²) < 4.78 is 0. The van der Waals surface area contributed by atoms with E-state index in [1.807, 2.05) is 24.4 Å². The van der Waals surface area contributed by atoms with Gasteiger partial charge in [-0.25, -0.2) is 0 Å². The molecule has 2 heterocycles. The largest absolute Gasteiger partial charge is 0.353 e. The number of hydrogen-bond donors (Lipinski definition) is 1. The molecule has 96 valence electrons. The third-order valence-corrected chi connectivity index (χ3v) is 3.68. The second kappa shape index (κ2) is 5.06. The SMILES string of the molecule is O=C(NC1CC1)C1CCN(Cc2ccccn2)C1. The topological polar surface area (TPSA) is 45.2 Å². The number of carbonyl (C=O) groups excluding carboxylic acids is 1. The van der Waals surface area contributed by atoms with Gasteiger partial charge in [0.15, 0.2) is 0 Å². The van der Waals surface area contributed by atoms with Gasteiger partial charge in [-0.05, 0) is 37.9 Å². The number of nitrogens with one attached hydrogen (secondary N) is 1. The van der Waals surface area contributed by atoms with Gasteiger partial charge >= 0.3 is 0 Å². The summed E-state index contributed by atoms with van der Waals surface area (Å²) in [6, 6.07) is 6.45. The molecule has 4 nitrogen and oxygen atoms in total. The number of rotatable bonds is 4. The molecule has 0 radical (unpaired) electrons. The molecule has 2 aliphatic rings. The molecule has 1 saturated carbocycles. The summed E-state index contributed by atoms with van der Waals surface area (Å²) in [6.07, 6.45) is 5.13. The molecule has 1 saturated heterocycles. The number of amides is 1. The Kier molecular flexibility index (Phi) is 3.28. The molecule has 1 aromatic heterocycles. The maximum atomic E-state index is 11.9. The van der Waals surface area contributed by atoms with E-state index in [0.717, 1.165) is 44.6 Å². The van der Waals surface area contributed by atoms with E-state index in [4.69, 9.17) is 0 Å². The number of carbonyl (C=O) groups is 1. The number of aromatic nitrogens is 1. The molecule has 2 fully saturated rings. The molecule has 0 aromatic carbocycles. The fourth-order valence-electron chi connectivity index (χ4n) is 2.46. The first-order valence-electron chi connectivity index (χ1n) is 6.74. The van der Waals surface area contributed by atoms with Gasteiger partial charge in [-0.2, -0.15) is 0 Å². The minimum Gasteiger partial charge on any atom is -0.353 e. The number of hydrogen-bond acceptors (Lipinski definition) is 3. The maximum Gasteiger partial charge on any atom is 0.224 e. The zero-order valence-electron chi connectivity index (χ0n) is 10.5. The van der Waals surface area contributed by atoms with E-state index in [9.17, 15) is 4.79 Å². The van der Waals surface area contributed by atoms with Crippen molar-refractivity contribution in [3.8, 4) is 0 Å². The molecule has 0 bridgehead atoms. The van der Waals surface area contributed by atoms with Crippen LogP contribution in [0.15, 0.2) is 24.4 Å². The maximum absolute atomic E-state index is 11.9. The van der Waals surface area contributed by atoms with E-state index in [0.29, 0.717) is 6.04 Å². The summed E-state index contributed by atoms with van der Waals surface area (Å²) in [5.41, 5.74) is 1.08. The van der Waals surface area contributed by atoms with Gasteiger partial charge in [-0.1, -0.05) is 6.07 Å². The molecule has 18 heavy (non-hydrogen) atoms. The molecular formula is C14H19N3O. The Morgan fingerprint density at radius 2 is 2.28 bits per heavy atom. The van der Waals surface area contributed by atoms with Crippen LogP contribution in [-0.4, -0.2) is 34.9 Å². The molecule has 1 aliphatic carbocycles. The highest BCUT2D eigenvalue weighted by atomic mass is 16.2. The zero-order chi connectivity index (χ0) is 12.4. The van der Waals surface area contributed by atoms with Gasteiger partial charge in [0.25, 0.3) is 0 Å². The third kappa shape index (κ3) is 2.88. The summed E-state index contributed by atoms with van der Waals surface area (Å²) >= 11 is 0. The normalized spacial score (nSPS) is 24.1.